The van der Waals surface area contributed by atoms with Crippen molar-refractivity contribution in [1.82, 2.24) is 0 Å². The van der Waals surface area contributed by atoms with Gasteiger partial charge >= 0.3 is 0 Å². The van der Waals surface area contributed by atoms with E-state index in [9.17, 15) is 0 Å². The van der Waals surface area contributed by atoms with E-state index in [1.165, 1.54) is 0 Å². The van der Waals surface area contributed by atoms with Crippen molar-refractivity contribution in [3.63, 3.8) is 0 Å². The Labute approximate surface area is 82.6 Å². The minimum atomic E-state index is 0.348. The van der Waals surface area contributed by atoms with Gasteiger partial charge in [-0.2, -0.15) is 0 Å². The van der Waals surface area contributed by atoms with E-state index >= 15 is 0 Å². The number of aromatic nitrogens is 1. The van der Waals surface area contributed by atoms with E-state index < -0.39 is 0 Å². The van der Waals surface area contributed by atoms with Crippen LogP contribution < -0.4 is 10.3 Å². The van der Waals surface area contributed by atoms with Crippen LogP contribution in [0.15, 0.2) is 18.3 Å². The molecule has 2 nitrogen and oxygen atoms in total. The summed E-state index contributed by atoms with van der Waals surface area (Å²) in [5, 5.41) is 8.89. The van der Waals surface area contributed by atoms with Crippen molar-refractivity contribution < 1.29 is 9.94 Å². The predicted octanol–water partition coefficient (Wildman–Crippen LogP) is 1.37. The highest BCUT2D eigenvalue weighted by molar-refractivity contribution is 6.29. The summed E-state index contributed by atoms with van der Waals surface area (Å²) in [7, 11) is 5.30. The van der Waals surface area contributed by atoms with Gasteiger partial charge in [0.1, 0.15) is 0 Å². The van der Waals surface area contributed by atoms with Gasteiger partial charge in [0.2, 0.25) is 14.0 Å². The fourth-order valence-corrected chi connectivity index (χ4v) is 0.604. The zero-order valence-corrected chi connectivity index (χ0v) is 9.20. The molecule has 13 heavy (non-hydrogen) atoms. The van der Waals surface area contributed by atoms with Crippen molar-refractivity contribution in [2.75, 3.05) is 0 Å². The maximum absolute atomic E-state index is 8.89. The van der Waals surface area contributed by atoms with Crippen molar-refractivity contribution in [2.24, 2.45) is 0 Å². The van der Waals surface area contributed by atoms with Crippen LogP contribution in [0.3, 0.4) is 0 Å². The van der Waals surface area contributed by atoms with Gasteiger partial charge in [-0.25, -0.2) is 0 Å². The van der Waals surface area contributed by atoms with Crippen LogP contribution in [0.2, 0.25) is 0 Å². The van der Waals surface area contributed by atoms with Crippen molar-refractivity contribution in [1.29, 1.82) is 0 Å². The Morgan fingerprint density at radius 3 is 1.92 bits per heavy atom. The normalized spacial score (nSPS) is 7.46. The lowest BCUT2D eigenvalue weighted by atomic mass is 10.0. The lowest BCUT2D eigenvalue weighted by Gasteiger charge is -1.89. The average Bonchev–Trinajstić information content (AvgIpc) is 2.18. The summed E-state index contributed by atoms with van der Waals surface area (Å²) >= 11 is 0. The molecular weight excluding hydrogens is 161 g/mol. The predicted molar refractivity (Wildman–Crippen MR) is 56.6 cm³/mol. The molecule has 0 aliphatic rings. The van der Waals surface area contributed by atoms with Crippen molar-refractivity contribution >= 4 is 13.4 Å². The molecule has 0 aliphatic heterocycles. The van der Waals surface area contributed by atoms with E-state index in [0.29, 0.717) is 5.59 Å². The van der Waals surface area contributed by atoms with E-state index in [4.69, 9.17) is 13.1 Å². The molecule has 1 N–H and O–H groups in total. The van der Waals surface area contributed by atoms with Gasteiger partial charge in [0.25, 0.3) is 0 Å². The molecule has 0 saturated heterocycles. The first-order valence-electron chi connectivity index (χ1n) is 4.67. The number of aryl methyl sites for hydroxylation is 1. The maximum Gasteiger partial charge on any atom is 0.224 e. The first-order valence-corrected chi connectivity index (χ1v) is 4.67. The zero-order chi connectivity index (χ0) is 10.9. The van der Waals surface area contributed by atoms with Crippen LogP contribution in [0, 0.1) is 6.92 Å². The molecule has 0 spiro atoms. The molecule has 0 amide bonds. The van der Waals surface area contributed by atoms with Gasteiger partial charge in [-0.3, -0.25) is 5.21 Å². The second kappa shape index (κ2) is 9.11. The summed E-state index contributed by atoms with van der Waals surface area (Å²) in [5.41, 5.74) is 1.33. The van der Waals surface area contributed by atoms with Crippen molar-refractivity contribution in [2.45, 2.75) is 34.6 Å². The van der Waals surface area contributed by atoms with Crippen LogP contribution in [0.25, 0.3) is 0 Å². The quantitative estimate of drug-likeness (QED) is 0.364. The Bertz CT molecular complexity index is 226. The Morgan fingerprint density at radius 1 is 1.15 bits per heavy atom. The summed E-state index contributed by atoms with van der Waals surface area (Å²) in [6, 6.07) is 3.48. The third-order valence-electron chi connectivity index (χ3n) is 1.11. The fourth-order valence-electron chi connectivity index (χ4n) is 0.604. The molecule has 1 heterocycles. The Kier molecular flexibility index (Phi) is 10.2. The lowest BCUT2D eigenvalue weighted by molar-refractivity contribution is -0.891. The van der Waals surface area contributed by atoms with Crippen LogP contribution in [0.5, 0.6) is 0 Å². The number of rotatable bonds is 0. The van der Waals surface area contributed by atoms with Crippen molar-refractivity contribution in [3.05, 3.63) is 23.9 Å². The van der Waals surface area contributed by atoms with Crippen LogP contribution >= 0.6 is 0 Å². The maximum atomic E-state index is 8.89. The van der Waals surface area contributed by atoms with Gasteiger partial charge in [0.05, 0.1) is 0 Å². The third-order valence-corrected chi connectivity index (χ3v) is 1.11. The van der Waals surface area contributed by atoms with Crippen LogP contribution in [0.4, 0.5) is 0 Å². The van der Waals surface area contributed by atoms with Crippen LogP contribution in [0.1, 0.15) is 33.3 Å². The Balaban J connectivity index is 0. The SMILES string of the molecule is CC.CC.[B]c1ccc(C)c[n+]1O. The highest BCUT2D eigenvalue weighted by Gasteiger charge is 2.00. The number of hydrogen-bond donors (Lipinski definition) is 1. The molecule has 0 bridgehead atoms. The topological polar surface area (TPSA) is 24.1 Å². The van der Waals surface area contributed by atoms with E-state index in [1.807, 2.05) is 40.7 Å². The summed E-state index contributed by atoms with van der Waals surface area (Å²) in [6.45, 7) is 9.88. The second-order valence-corrected chi connectivity index (χ2v) is 1.98. The Morgan fingerprint density at radius 2 is 1.62 bits per heavy atom. The molecule has 2 radical (unpaired) electrons. The zero-order valence-electron chi connectivity index (χ0n) is 9.20. The number of hydrogen-bond acceptors (Lipinski definition) is 1. The number of pyridine rings is 1. The molecule has 0 atom stereocenters. The summed E-state index contributed by atoms with van der Waals surface area (Å²) in [6.07, 6.45) is 1.55. The monoisotopic (exact) mass is 180 g/mol. The van der Waals surface area contributed by atoms with Gasteiger partial charge in [0.15, 0.2) is 5.59 Å². The van der Waals surface area contributed by atoms with E-state index in [2.05, 4.69) is 0 Å². The van der Waals surface area contributed by atoms with Gasteiger partial charge in [-0.05, 0) is 23.8 Å². The standard InChI is InChI=1S/C6H7BNO.2C2H6/c1-5-2-3-6(7)8(9)4-5;2*1-2/h2-4,9H,1H3;2*1-2H3/q+1;;. The smallest absolute Gasteiger partial charge is 0.224 e. The third kappa shape index (κ3) is 6.20. The average molecular weight is 180 g/mol. The van der Waals surface area contributed by atoms with Gasteiger partial charge in [0, 0.05) is 5.56 Å². The summed E-state index contributed by atoms with van der Waals surface area (Å²) in [5.74, 6) is 0. The van der Waals surface area contributed by atoms with Crippen LogP contribution in [-0.2, 0) is 0 Å². The highest BCUT2D eigenvalue weighted by atomic mass is 16.5. The molecule has 72 valence electrons. The number of nitrogens with zero attached hydrogens (tertiary/aromatic N) is 1. The van der Waals surface area contributed by atoms with Crippen molar-refractivity contribution in [3.8, 4) is 0 Å². The molecular formula is C10H19BNO+. The molecule has 0 unspecified atom stereocenters. The molecule has 0 aromatic carbocycles. The largest absolute Gasteiger partial charge is 0.286 e. The molecule has 1 aromatic heterocycles. The van der Waals surface area contributed by atoms with E-state index in [-0.39, 0.29) is 0 Å². The van der Waals surface area contributed by atoms with Gasteiger partial charge in [-0.15, -0.1) is 0 Å². The van der Waals surface area contributed by atoms with E-state index in [1.54, 1.807) is 12.3 Å². The minimum Gasteiger partial charge on any atom is -0.286 e. The van der Waals surface area contributed by atoms with Gasteiger partial charge < -0.3 is 0 Å². The molecule has 0 fully saturated rings. The van der Waals surface area contributed by atoms with E-state index in [0.717, 1.165) is 10.3 Å². The lowest BCUT2D eigenvalue weighted by Crippen LogP contribution is -2.47. The highest BCUT2D eigenvalue weighted by Crippen LogP contribution is 1.85. The van der Waals surface area contributed by atoms with Crippen LogP contribution in [-0.4, -0.2) is 13.1 Å². The fraction of sp³-hybridized carbons (Fsp3) is 0.500. The Hall–Kier alpha value is -0.985. The first-order chi connectivity index (χ1) is 6.20. The molecule has 0 saturated carbocycles. The summed E-state index contributed by atoms with van der Waals surface area (Å²) in [4.78, 5) is 0. The first kappa shape index (κ1) is 14.5. The summed E-state index contributed by atoms with van der Waals surface area (Å²) < 4.78 is 0.898. The second-order valence-electron chi connectivity index (χ2n) is 1.98. The molecule has 0 aliphatic carbocycles. The van der Waals surface area contributed by atoms with Gasteiger partial charge in [-0.1, -0.05) is 27.7 Å². The molecule has 1 aromatic rings. The minimum absolute atomic E-state index is 0.348. The molecule has 3 heteroatoms. The molecule has 1 rings (SSSR count).